The van der Waals surface area contributed by atoms with Crippen molar-refractivity contribution in [3.8, 4) is 44.5 Å². The standard InChI is InChI=1S/C48H30O/c1-3-14-31(15-4-1)35-29-43(48-42-23-11-12-25-44(42)49-45(48)30-35)47-40-21-9-7-19-38(40)46(39-20-8-10-22-41(39)47)34-26-27-37-33(28-34)18-13-24-36(37)32-16-5-2-6-17-32/h1-30H. The molecule has 0 aliphatic carbocycles. The lowest BCUT2D eigenvalue weighted by Crippen LogP contribution is -1.92. The summed E-state index contributed by atoms with van der Waals surface area (Å²) in [6.07, 6.45) is 0. The summed E-state index contributed by atoms with van der Waals surface area (Å²) in [6.45, 7) is 0. The molecule has 10 rings (SSSR count). The Hall–Kier alpha value is -6.44. The highest BCUT2D eigenvalue weighted by Crippen LogP contribution is 2.48. The molecule has 0 saturated heterocycles. The lowest BCUT2D eigenvalue weighted by Gasteiger charge is -2.19. The van der Waals surface area contributed by atoms with Gasteiger partial charge in [-0.25, -0.2) is 0 Å². The van der Waals surface area contributed by atoms with Gasteiger partial charge in [0.1, 0.15) is 11.2 Å². The van der Waals surface area contributed by atoms with Crippen LogP contribution < -0.4 is 0 Å². The van der Waals surface area contributed by atoms with Gasteiger partial charge in [-0.3, -0.25) is 0 Å². The quantitative estimate of drug-likeness (QED) is 0.178. The molecule has 0 N–H and O–H groups in total. The van der Waals surface area contributed by atoms with Crippen LogP contribution in [0.3, 0.4) is 0 Å². The number of hydrogen-bond acceptors (Lipinski definition) is 1. The van der Waals surface area contributed by atoms with Gasteiger partial charge in [-0.1, -0.05) is 158 Å². The highest BCUT2D eigenvalue weighted by molar-refractivity contribution is 6.26. The van der Waals surface area contributed by atoms with Crippen molar-refractivity contribution in [2.75, 3.05) is 0 Å². The predicted molar refractivity (Wildman–Crippen MR) is 208 cm³/mol. The van der Waals surface area contributed by atoms with Crippen molar-refractivity contribution in [2.24, 2.45) is 0 Å². The van der Waals surface area contributed by atoms with Crippen LogP contribution in [0.15, 0.2) is 186 Å². The first-order valence-electron chi connectivity index (χ1n) is 16.8. The first-order chi connectivity index (χ1) is 24.3. The lowest BCUT2D eigenvalue weighted by molar-refractivity contribution is 0.669. The minimum absolute atomic E-state index is 0.901. The maximum Gasteiger partial charge on any atom is 0.136 e. The van der Waals surface area contributed by atoms with Gasteiger partial charge in [0.25, 0.3) is 0 Å². The number of rotatable bonds is 4. The molecule has 1 heterocycles. The molecular weight excluding hydrogens is 593 g/mol. The van der Waals surface area contributed by atoms with Gasteiger partial charge >= 0.3 is 0 Å². The first kappa shape index (κ1) is 27.7. The Kier molecular flexibility index (Phi) is 6.25. The fraction of sp³-hybridized carbons (Fsp3) is 0. The predicted octanol–water partition coefficient (Wildman–Crippen LogP) is 13.7. The molecule has 0 unspecified atom stereocenters. The number of fused-ring (bicyclic) bond motifs is 6. The molecule has 49 heavy (non-hydrogen) atoms. The Morgan fingerprint density at radius 2 is 0.878 bits per heavy atom. The van der Waals surface area contributed by atoms with E-state index in [9.17, 15) is 0 Å². The number of furan rings is 1. The second kappa shape index (κ2) is 11.1. The second-order valence-corrected chi connectivity index (χ2v) is 12.8. The van der Waals surface area contributed by atoms with E-state index in [1.54, 1.807) is 0 Å². The van der Waals surface area contributed by atoms with Crippen LogP contribution in [0, 0.1) is 0 Å². The summed E-state index contributed by atoms with van der Waals surface area (Å²) in [5.74, 6) is 0. The van der Waals surface area contributed by atoms with Gasteiger partial charge in [-0.15, -0.1) is 0 Å². The molecule has 0 radical (unpaired) electrons. The zero-order chi connectivity index (χ0) is 32.3. The van der Waals surface area contributed by atoms with Gasteiger partial charge < -0.3 is 4.42 Å². The van der Waals surface area contributed by atoms with Crippen molar-refractivity contribution in [1.82, 2.24) is 0 Å². The van der Waals surface area contributed by atoms with E-state index >= 15 is 0 Å². The summed E-state index contributed by atoms with van der Waals surface area (Å²) in [4.78, 5) is 0. The zero-order valence-corrected chi connectivity index (χ0v) is 26.7. The van der Waals surface area contributed by atoms with Crippen LogP contribution in [0.4, 0.5) is 0 Å². The van der Waals surface area contributed by atoms with Crippen LogP contribution in [0.1, 0.15) is 0 Å². The van der Waals surface area contributed by atoms with Gasteiger partial charge in [0, 0.05) is 10.8 Å². The molecule has 9 aromatic carbocycles. The zero-order valence-electron chi connectivity index (χ0n) is 26.7. The van der Waals surface area contributed by atoms with E-state index in [0.29, 0.717) is 0 Å². The lowest BCUT2D eigenvalue weighted by atomic mass is 9.83. The van der Waals surface area contributed by atoms with Crippen molar-refractivity contribution in [2.45, 2.75) is 0 Å². The molecule has 0 atom stereocenters. The largest absolute Gasteiger partial charge is 0.456 e. The minimum atomic E-state index is 0.901. The summed E-state index contributed by atoms with van der Waals surface area (Å²) >= 11 is 0. The van der Waals surface area contributed by atoms with E-state index in [4.69, 9.17) is 4.42 Å². The van der Waals surface area contributed by atoms with Gasteiger partial charge in [0.15, 0.2) is 0 Å². The molecule has 1 aromatic heterocycles. The highest BCUT2D eigenvalue weighted by atomic mass is 16.3. The molecule has 0 saturated carbocycles. The van der Waals surface area contributed by atoms with Crippen LogP contribution >= 0.6 is 0 Å². The smallest absolute Gasteiger partial charge is 0.136 e. The van der Waals surface area contributed by atoms with E-state index in [1.807, 2.05) is 0 Å². The Morgan fingerprint density at radius 3 is 1.57 bits per heavy atom. The van der Waals surface area contributed by atoms with E-state index in [0.717, 1.165) is 27.5 Å². The highest BCUT2D eigenvalue weighted by Gasteiger charge is 2.21. The molecule has 1 nitrogen and oxygen atoms in total. The van der Waals surface area contributed by atoms with Gasteiger partial charge in [0.2, 0.25) is 0 Å². The first-order valence-corrected chi connectivity index (χ1v) is 16.8. The van der Waals surface area contributed by atoms with Gasteiger partial charge in [0.05, 0.1) is 0 Å². The van der Waals surface area contributed by atoms with Crippen LogP contribution in [-0.2, 0) is 0 Å². The molecule has 0 bridgehead atoms. The van der Waals surface area contributed by atoms with E-state index in [-0.39, 0.29) is 0 Å². The molecular formula is C48H30O. The molecule has 0 aliphatic heterocycles. The average molecular weight is 623 g/mol. The van der Waals surface area contributed by atoms with E-state index in [2.05, 4.69) is 182 Å². The number of para-hydroxylation sites is 1. The van der Waals surface area contributed by atoms with Crippen molar-refractivity contribution in [3.63, 3.8) is 0 Å². The summed E-state index contributed by atoms with van der Waals surface area (Å²) < 4.78 is 6.58. The minimum Gasteiger partial charge on any atom is -0.456 e. The summed E-state index contributed by atoms with van der Waals surface area (Å²) in [5, 5.41) is 9.71. The third kappa shape index (κ3) is 4.40. The number of hydrogen-bond donors (Lipinski definition) is 0. The second-order valence-electron chi connectivity index (χ2n) is 12.8. The average Bonchev–Trinajstić information content (AvgIpc) is 3.55. The van der Waals surface area contributed by atoms with Gasteiger partial charge in [-0.2, -0.15) is 0 Å². The molecule has 0 fully saturated rings. The Bertz CT molecular complexity index is 2800. The van der Waals surface area contributed by atoms with Crippen molar-refractivity contribution < 1.29 is 4.42 Å². The maximum absolute atomic E-state index is 6.58. The molecule has 0 aliphatic rings. The Labute approximate surface area is 284 Å². The van der Waals surface area contributed by atoms with E-state index in [1.165, 1.54) is 71.3 Å². The topological polar surface area (TPSA) is 13.1 Å². The summed E-state index contributed by atoms with van der Waals surface area (Å²) in [6, 6.07) is 65.7. The van der Waals surface area contributed by atoms with E-state index < -0.39 is 0 Å². The van der Waals surface area contributed by atoms with Crippen LogP contribution in [0.5, 0.6) is 0 Å². The molecule has 1 heteroatoms. The monoisotopic (exact) mass is 622 g/mol. The van der Waals surface area contributed by atoms with Crippen LogP contribution in [0.25, 0.3) is 98.8 Å². The molecule has 10 aromatic rings. The van der Waals surface area contributed by atoms with Crippen LogP contribution in [-0.4, -0.2) is 0 Å². The Balaban J connectivity index is 1.29. The molecule has 0 amide bonds. The van der Waals surface area contributed by atoms with Gasteiger partial charge in [-0.05, 0) is 101 Å². The summed E-state index contributed by atoms with van der Waals surface area (Å²) in [7, 11) is 0. The van der Waals surface area contributed by atoms with Crippen molar-refractivity contribution in [1.29, 1.82) is 0 Å². The van der Waals surface area contributed by atoms with Crippen molar-refractivity contribution in [3.05, 3.63) is 182 Å². The third-order valence-electron chi connectivity index (χ3n) is 10.0. The summed E-state index contributed by atoms with van der Waals surface area (Å²) in [5.41, 5.74) is 11.5. The SMILES string of the molecule is c1ccc(-c2cc(-c3c4ccccc4c(-c4ccc5c(-c6ccccc6)cccc5c4)c4ccccc34)c3c(c2)oc2ccccc23)cc1. The van der Waals surface area contributed by atoms with Crippen LogP contribution in [0.2, 0.25) is 0 Å². The normalized spacial score (nSPS) is 11.7. The third-order valence-corrected chi connectivity index (χ3v) is 10.0. The Morgan fingerprint density at radius 1 is 0.286 bits per heavy atom. The molecule has 0 spiro atoms. The maximum atomic E-state index is 6.58. The number of benzene rings is 9. The van der Waals surface area contributed by atoms with Crippen molar-refractivity contribution >= 4 is 54.3 Å². The fourth-order valence-corrected chi connectivity index (χ4v) is 7.89. The molecule has 228 valence electrons. The fourth-order valence-electron chi connectivity index (χ4n) is 7.89.